The number of piperidine rings is 1. The summed E-state index contributed by atoms with van der Waals surface area (Å²) in [5.41, 5.74) is 2.38. The molecule has 0 spiro atoms. The molecule has 1 amide bonds. The fourth-order valence-electron chi connectivity index (χ4n) is 4.82. The van der Waals surface area contributed by atoms with Crippen LogP contribution >= 0.6 is 0 Å². The van der Waals surface area contributed by atoms with E-state index in [4.69, 9.17) is 9.47 Å². The predicted octanol–water partition coefficient (Wildman–Crippen LogP) is 4.83. The quantitative estimate of drug-likeness (QED) is 0.638. The molecule has 8 heteroatoms. The van der Waals surface area contributed by atoms with Gasteiger partial charge in [0.2, 0.25) is 5.91 Å². The zero-order valence-corrected chi connectivity index (χ0v) is 19.0. The molecule has 33 heavy (non-hydrogen) atoms. The fourth-order valence-corrected chi connectivity index (χ4v) is 4.82. The minimum absolute atomic E-state index is 0.0363. The molecule has 2 aromatic rings. The molecule has 5 nitrogen and oxygen atoms in total. The minimum atomic E-state index is -4.35. The highest BCUT2D eigenvalue weighted by Gasteiger charge is 2.32. The number of benzene rings is 2. The number of ether oxygens (including phenoxy) is 2. The molecule has 2 aromatic carbocycles. The number of nitrogens with zero attached hydrogens (tertiary/aromatic N) is 2. The summed E-state index contributed by atoms with van der Waals surface area (Å²) < 4.78 is 49.6. The molecule has 4 rings (SSSR count). The number of methoxy groups -OCH3 is 2. The van der Waals surface area contributed by atoms with Gasteiger partial charge in [-0.15, -0.1) is 0 Å². The van der Waals surface area contributed by atoms with Crippen molar-refractivity contribution >= 4 is 5.91 Å². The van der Waals surface area contributed by atoms with E-state index in [-0.39, 0.29) is 18.5 Å². The first kappa shape index (κ1) is 23.4. The van der Waals surface area contributed by atoms with E-state index >= 15 is 0 Å². The molecule has 0 bridgehead atoms. The van der Waals surface area contributed by atoms with Gasteiger partial charge >= 0.3 is 6.18 Å². The number of halogens is 3. The number of amides is 1. The van der Waals surface area contributed by atoms with E-state index in [1.807, 2.05) is 17.0 Å². The number of hydrogen-bond acceptors (Lipinski definition) is 4. The Morgan fingerprint density at radius 1 is 1.00 bits per heavy atom. The first-order chi connectivity index (χ1) is 15.8. The largest absolute Gasteiger partial charge is 0.493 e. The molecule has 0 aliphatic carbocycles. The lowest BCUT2D eigenvalue weighted by Gasteiger charge is -2.38. The predicted molar refractivity (Wildman–Crippen MR) is 118 cm³/mol. The lowest BCUT2D eigenvalue weighted by atomic mass is 9.94. The van der Waals surface area contributed by atoms with Gasteiger partial charge in [-0.25, -0.2) is 0 Å². The molecule has 2 aliphatic heterocycles. The molecule has 2 heterocycles. The van der Waals surface area contributed by atoms with E-state index in [9.17, 15) is 18.0 Å². The zero-order chi connectivity index (χ0) is 23.6. The van der Waals surface area contributed by atoms with Crippen LogP contribution in [0.25, 0.3) is 0 Å². The van der Waals surface area contributed by atoms with Gasteiger partial charge in [0, 0.05) is 19.1 Å². The number of carbonyl (C=O) groups excluding carboxylic acids is 1. The van der Waals surface area contributed by atoms with Gasteiger partial charge in [0.1, 0.15) is 0 Å². The topological polar surface area (TPSA) is 42.0 Å². The van der Waals surface area contributed by atoms with Gasteiger partial charge < -0.3 is 14.4 Å². The van der Waals surface area contributed by atoms with E-state index in [1.54, 1.807) is 26.4 Å². The molecule has 178 valence electrons. The SMILES string of the molecule is COc1cc2c(cc1OC)CN(C(=O)CN1CCCCC1c1ccc(C(F)(F)F)cc1)CC2. The summed E-state index contributed by atoms with van der Waals surface area (Å²) >= 11 is 0. The lowest BCUT2D eigenvalue weighted by Crippen LogP contribution is -2.45. The maximum atomic E-state index is 13.2. The molecule has 1 unspecified atom stereocenters. The number of alkyl halides is 3. The summed E-state index contributed by atoms with van der Waals surface area (Å²) in [6, 6.07) is 9.22. The molecule has 2 aliphatic rings. The molecule has 1 atom stereocenters. The number of fused-ring (bicyclic) bond motifs is 1. The normalized spacial score (nSPS) is 19.2. The average Bonchev–Trinajstić information content (AvgIpc) is 2.82. The Balaban J connectivity index is 1.46. The smallest absolute Gasteiger partial charge is 0.416 e. The van der Waals surface area contributed by atoms with Crippen LogP contribution in [-0.2, 0) is 23.9 Å². The van der Waals surface area contributed by atoms with Crippen molar-refractivity contribution in [2.75, 3.05) is 33.9 Å². The van der Waals surface area contributed by atoms with E-state index in [0.717, 1.165) is 61.1 Å². The van der Waals surface area contributed by atoms with Crippen molar-refractivity contribution in [2.45, 2.75) is 44.4 Å². The van der Waals surface area contributed by atoms with Gasteiger partial charge in [0.15, 0.2) is 11.5 Å². The van der Waals surface area contributed by atoms with Gasteiger partial charge in [-0.3, -0.25) is 9.69 Å². The van der Waals surface area contributed by atoms with Gasteiger partial charge in [0.25, 0.3) is 0 Å². The second-order valence-electron chi connectivity index (χ2n) is 8.64. The van der Waals surface area contributed by atoms with Gasteiger partial charge in [-0.05, 0) is 66.8 Å². The Labute approximate surface area is 192 Å². The summed E-state index contributed by atoms with van der Waals surface area (Å²) in [6.07, 6.45) is -0.806. The molecule has 1 fully saturated rings. The third kappa shape index (κ3) is 5.11. The van der Waals surface area contributed by atoms with Crippen molar-refractivity contribution in [1.29, 1.82) is 0 Å². The van der Waals surface area contributed by atoms with Crippen LogP contribution in [-0.4, -0.2) is 49.6 Å². The standard InChI is InChI=1S/C25H29F3N2O3/c1-32-22-13-18-10-12-30(15-19(18)14-23(22)33-2)24(31)16-29-11-4-3-5-21(29)17-6-8-20(9-7-17)25(26,27)28/h6-9,13-14,21H,3-5,10-12,15-16H2,1-2H3. The second kappa shape index (κ2) is 9.63. The minimum Gasteiger partial charge on any atom is -0.493 e. The molecular weight excluding hydrogens is 433 g/mol. The van der Waals surface area contributed by atoms with Crippen LogP contribution in [0.3, 0.4) is 0 Å². The number of carbonyl (C=O) groups is 1. The van der Waals surface area contributed by atoms with Crippen molar-refractivity contribution < 1.29 is 27.4 Å². The monoisotopic (exact) mass is 462 g/mol. The first-order valence-electron chi connectivity index (χ1n) is 11.2. The van der Waals surface area contributed by atoms with E-state index in [0.29, 0.717) is 24.6 Å². The highest BCUT2D eigenvalue weighted by atomic mass is 19.4. The first-order valence-corrected chi connectivity index (χ1v) is 11.2. The van der Waals surface area contributed by atoms with E-state index in [2.05, 4.69) is 4.90 Å². The third-order valence-electron chi connectivity index (χ3n) is 6.65. The molecular formula is C25H29F3N2O3. The van der Waals surface area contributed by atoms with Crippen LogP contribution in [0.15, 0.2) is 36.4 Å². The summed E-state index contributed by atoms with van der Waals surface area (Å²) in [5.74, 6) is 1.36. The van der Waals surface area contributed by atoms with E-state index in [1.165, 1.54) is 0 Å². The van der Waals surface area contributed by atoms with Crippen LogP contribution in [0.4, 0.5) is 13.2 Å². The van der Waals surface area contributed by atoms with Crippen molar-refractivity contribution in [3.05, 3.63) is 58.7 Å². The Bertz CT molecular complexity index is 992. The number of likely N-dealkylation sites (tertiary alicyclic amines) is 1. The average molecular weight is 463 g/mol. The van der Waals surface area contributed by atoms with Crippen LogP contribution in [0.5, 0.6) is 11.5 Å². The third-order valence-corrected chi connectivity index (χ3v) is 6.65. The van der Waals surface area contributed by atoms with Crippen LogP contribution in [0.2, 0.25) is 0 Å². The van der Waals surface area contributed by atoms with Crippen LogP contribution in [0.1, 0.15) is 47.6 Å². The van der Waals surface area contributed by atoms with E-state index < -0.39 is 11.7 Å². The Morgan fingerprint density at radius 2 is 1.67 bits per heavy atom. The summed E-state index contributed by atoms with van der Waals surface area (Å²) in [5, 5.41) is 0. The highest BCUT2D eigenvalue weighted by molar-refractivity contribution is 5.78. The van der Waals surface area contributed by atoms with Crippen molar-refractivity contribution in [3.8, 4) is 11.5 Å². The fraction of sp³-hybridized carbons (Fsp3) is 0.480. The maximum Gasteiger partial charge on any atom is 0.416 e. The Morgan fingerprint density at radius 3 is 2.30 bits per heavy atom. The van der Waals surface area contributed by atoms with Crippen LogP contribution < -0.4 is 9.47 Å². The molecule has 0 radical (unpaired) electrons. The van der Waals surface area contributed by atoms with Gasteiger partial charge in [-0.1, -0.05) is 18.6 Å². The molecule has 1 saturated heterocycles. The van der Waals surface area contributed by atoms with Crippen molar-refractivity contribution in [3.63, 3.8) is 0 Å². The van der Waals surface area contributed by atoms with Crippen molar-refractivity contribution in [2.24, 2.45) is 0 Å². The summed E-state index contributed by atoms with van der Waals surface area (Å²) in [6.45, 7) is 2.15. The summed E-state index contributed by atoms with van der Waals surface area (Å²) in [7, 11) is 3.20. The summed E-state index contributed by atoms with van der Waals surface area (Å²) in [4.78, 5) is 17.2. The Hall–Kier alpha value is -2.74. The van der Waals surface area contributed by atoms with Crippen molar-refractivity contribution in [1.82, 2.24) is 9.80 Å². The maximum absolute atomic E-state index is 13.2. The molecule has 0 N–H and O–H groups in total. The second-order valence-corrected chi connectivity index (χ2v) is 8.64. The van der Waals surface area contributed by atoms with Crippen LogP contribution in [0, 0.1) is 0 Å². The number of rotatable bonds is 5. The highest BCUT2D eigenvalue weighted by Crippen LogP contribution is 2.35. The lowest BCUT2D eigenvalue weighted by molar-refractivity contribution is -0.137. The Kier molecular flexibility index (Phi) is 6.83. The molecule has 0 aromatic heterocycles. The zero-order valence-electron chi connectivity index (χ0n) is 19.0. The molecule has 0 saturated carbocycles. The van der Waals surface area contributed by atoms with Gasteiger partial charge in [0.05, 0.1) is 26.3 Å². The number of hydrogen-bond donors (Lipinski definition) is 0. The van der Waals surface area contributed by atoms with Gasteiger partial charge in [-0.2, -0.15) is 13.2 Å².